The lowest BCUT2D eigenvalue weighted by molar-refractivity contribution is -0.136. The molecule has 0 saturated carbocycles. The van der Waals surface area contributed by atoms with Gasteiger partial charge in [-0.25, -0.2) is 4.39 Å². The molecule has 0 bridgehead atoms. The highest BCUT2D eigenvalue weighted by atomic mass is 35.5. The Morgan fingerprint density at radius 1 is 1.12 bits per heavy atom. The van der Waals surface area contributed by atoms with Gasteiger partial charge in [-0.15, -0.1) is 0 Å². The van der Waals surface area contributed by atoms with Crippen LogP contribution in [-0.4, -0.2) is 25.0 Å². The number of aryl methyl sites for hydroxylation is 1. The Morgan fingerprint density at radius 2 is 1.83 bits per heavy atom. The molecule has 2 N–H and O–H groups in total. The maximum atomic E-state index is 12.7. The Kier molecular flexibility index (Phi) is 6.14. The summed E-state index contributed by atoms with van der Waals surface area (Å²) in [6.45, 7) is 2.13. The number of halogens is 2. The molecule has 7 heteroatoms. The van der Waals surface area contributed by atoms with Crippen molar-refractivity contribution in [3.63, 3.8) is 0 Å². The van der Waals surface area contributed by atoms with E-state index in [1.165, 1.54) is 24.3 Å². The lowest BCUT2D eigenvalue weighted by Crippen LogP contribution is -2.37. The molecule has 0 heterocycles. The molecule has 0 saturated heterocycles. The summed E-state index contributed by atoms with van der Waals surface area (Å²) in [7, 11) is 0. The monoisotopic (exact) mass is 350 g/mol. The highest BCUT2D eigenvalue weighted by Gasteiger charge is 2.13. The van der Waals surface area contributed by atoms with Crippen LogP contribution in [0, 0.1) is 12.7 Å². The van der Waals surface area contributed by atoms with Gasteiger partial charge in [0.05, 0.1) is 6.54 Å². The zero-order valence-electron chi connectivity index (χ0n) is 12.9. The molecule has 0 aliphatic rings. The topological polar surface area (TPSA) is 67.4 Å². The predicted molar refractivity (Wildman–Crippen MR) is 89.7 cm³/mol. The van der Waals surface area contributed by atoms with Gasteiger partial charge < -0.3 is 15.4 Å². The van der Waals surface area contributed by atoms with Crippen LogP contribution < -0.4 is 15.4 Å². The summed E-state index contributed by atoms with van der Waals surface area (Å²) in [5.74, 6) is -1.46. The normalized spacial score (nSPS) is 10.1. The SMILES string of the molecule is Cc1ccc(NC(=O)C(=O)NCCOc2ccc(F)cc2)cc1Cl. The number of amides is 2. The van der Waals surface area contributed by atoms with Crippen molar-refractivity contribution in [1.82, 2.24) is 5.32 Å². The Bertz CT molecular complexity index is 735. The first kappa shape index (κ1) is 17.7. The van der Waals surface area contributed by atoms with E-state index < -0.39 is 11.8 Å². The lowest BCUT2D eigenvalue weighted by Gasteiger charge is -2.09. The summed E-state index contributed by atoms with van der Waals surface area (Å²) >= 11 is 5.96. The van der Waals surface area contributed by atoms with E-state index in [1.807, 2.05) is 6.92 Å². The van der Waals surface area contributed by atoms with Crippen molar-refractivity contribution in [2.45, 2.75) is 6.92 Å². The van der Waals surface area contributed by atoms with E-state index in [1.54, 1.807) is 18.2 Å². The minimum absolute atomic E-state index is 0.137. The summed E-state index contributed by atoms with van der Waals surface area (Å²) in [6, 6.07) is 10.5. The van der Waals surface area contributed by atoms with Gasteiger partial charge in [0.25, 0.3) is 0 Å². The fourth-order valence-corrected chi connectivity index (χ4v) is 1.98. The van der Waals surface area contributed by atoms with Crippen LogP contribution >= 0.6 is 11.6 Å². The van der Waals surface area contributed by atoms with Crippen molar-refractivity contribution in [1.29, 1.82) is 0 Å². The second kappa shape index (κ2) is 8.31. The van der Waals surface area contributed by atoms with Gasteiger partial charge in [0.2, 0.25) is 0 Å². The summed E-state index contributed by atoms with van der Waals surface area (Å²) in [6.07, 6.45) is 0. The molecule has 0 atom stereocenters. The van der Waals surface area contributed by atoms with E-state index in [9.17, 15) is 14.0 Å². The molecule has 0 spiro atoms. The van der Waals surface area contributed by atoms with Crippen molar-refractivity contribution >= 4 is 29.1 Å². The molecular formula is C17H16ClFN2O3. The fourth-order valence-electron chi connectivity index (χ4n) is 1.80. The van der Waals surface area contributed by atoms with Gasteiger partial charge in [-0.05, 0) is 48.9 Å². The molecule has 24 heavy (non-hydrogen) atoms. The molecular weight excluding hydrogens is 335 g/mol. The fraction of sp³-hybridized carbons (Fsp3) is 0.176. The molecule has 0 fully saturated rings. The van der Waals surface area contributed by atoms with Crippen LogP contribution in [0.2, 0.25) is 5.02 Å². The minimum Gasteiger partial charge on any atom is -0.492 e. The van der Waals surface area contributed by atoms with Crippen LogP contribution in [-0.2, 0) is 9.59 Å². The van der Waals surface area contributed by atoms with E-state index in [0.717, 1.165) is 5.56 Å². The average molecular weight is 351 g/mol. The largest absolute Gasteiger partial charge is 0.492 e. The number of carbonyl (C=O) groups is 2. The molecule has 2 amide bonds. The van der Waals surface area contributed by atoms with E-state index in [2.05, 4.69) is 10.6 Å². The zero-order valence-corrected chi connectivity index (χ0v) is 13.7. The molecule has 0 radical (unpaired) electrons. The smallest absolute Gasteiger partial charge is 0.313 e. The maximum Gasteiger partial charge on any atom is 0.313 e. The maximum absolute atomic E-state index is 12.7. The lowest BCUT2D eigenvalue weighted by atomic mass is 10.2. The number of anilines is 1. The van der Waals surface area contributed by atoms with Gasteiger partial charge in [0, 0.05) is 10.7 Å². The van der Waals surface area contributed by atoms with Gasteiger partial charge in [-0.1, -0.05) is 17.7 Å². The number of carbonyl (C=O) groups excluding carboxylic acids is 2. The minimum atomic E-state index is -0.795. The Balaban J connectivity index is 1.74. The van der Waals surface area contributed by atoms with E-state index in [0.29, 0.717) is 16.5 Å². The van der Waals surface area contributed by atoms with Crippen LogP contribution in [0.3, 0.4) is 0 Å². The molecule has 0 aliphatic heterocycles. The first-order chi connectivity index (χ1) is 11.5. The van der Waals surface area contributed by atoms with Crippen molar-refractivity contribution in [2.75, 3.05) is 18.5 Å². The Morgan fingerprint density at radius 3 is 2.50 bits per heavy atom. The number of hydrogen-bond acceptors (Lipinski definition) is 3. The summed E-state index contributed by atoms with van der Waals surface area (Å²) in [5, 5.41) is 5.38. The first-order valence-corrected chi connectivity index (χ1v) is 7.57. The molecule has 2 aromatic rings. The summed E-state index contributed by atoms with van der Waals surface area (Å²) < 4.78 is 18.0. The third-order valence-corrected chi connectivity index (χ3v) is 3.51. The molecule has 2 rings (SSSR count). The molecule has 0 aliphatic carbocycles. The third-order valence-electron chi connectivity index (χ3n) is 3.11. The van der Waals surface area contributed by atoms with Crippen molar-refractivity contribution in [3.8, 4) is 5.75 Å². The van der Waals surface area contributed by atoms with Gasteiger partial charge in [-0.3, -0.25) is 9.59 Å². The molecule has 0 unspecified atom stereocenters. The van der Waals surface area contributed by atoms with E-state index in [-0.39, 0.29) is 19.0 Å². The highest BCUT2D eigenvalue weighted by Crippen LogP contribution is 2.19. The van der Waals surface area contributed by atoms with Crippen LogP contribution in [0.4, 0.5) is 10.1 Å². The number of ether oxygens (including phenoxy) is 1. The van der Waals surface area contributed by atoms with Crippen LogP contribution in [0.15, 0.2) is 42.5 Å². The first-order valence-electron chi connectivity index (χ1n) is 7.19. The summed E-state index contributed by atoms with van der Waals surface area (Å²) in [4.78, 5) is 23.5. The van der Waals surface area contributed by atoms with Crippen LogP contribution in [0.25, 0.3) is 0 Å². The zero-order chi connectivity index (χ0) is 17.5. The molecule has 5 nitrogen and oxygen atoms in total. The van der Waals surface area contributed by atoms with Crippen molar-refractivity contribution in [2.24, 2.45) is 0 Å². The molecule has 0 aromatic heterocycles. The number of benzene rings is 2. The van der Waals surface area contributed by atoms with Gasteiger partial charge in [0.15, 0.2) is 0 Å². The van der Waals surface area contributed by atoms with Crippen molar-refractivity contribution < 1.29 is 18.7 Å². The van der Waals surface area contributed by atoms with E-state index >= 15 is 0 Å². The third kappa shape index (κ3) is 5.24. The second-order valence-electron chi connectivity index (χ2n) is 4.98. The summed E-state index contributed by atoms with van der Waals surface area (Å²) in [5.41, 5.74) is 1.31. The van der Waals surface area contributed by atoms with Gasteiger partial charge in [-0.2, -0.15) is 0 Å². The standard InChI is InChI=1S/C17H16ClFN2O3/c1-11-2-5-13(10-15(11)18)21-17(23)16(22)20-8-9-24-14-6-3-12(19)4-7-14/h2-7,10H,8-9H2,1H3,(H,20,22)(H,21,23). The van der Waals surface area contributed by atoms with Gasteiger partial charge >= 0.3 is 11.8 Å². The number of nitrogens with one attached hydrogen (secondary N) is 2. The van der Waals surface area contributed by atoms with Crippen molar-refractivity contribution in [3.05, 3.63) is 58.9 Å². The Labute approximate surface area is 143 Å². The second-order valence-corrected chi connectivity index (χ2v) is 5.38. The quantitative estimate of drug-likeness (QED) is 0.643. The van der Waals surface area contributed by atoms with Crippen LogP contribution in [0.1, 0.15) is 5.56 Å². The molecule has 126 valence electrons. The average Bonchev–Trinajstić information content (AvgIpc) is 2.56. The molecule has 2 aromatic carbocycles. The number of hydrogen-bond donors (Lipinski definition) is 2. The van der Waals surface area contributed by atoms with Gasteiger partial charge in [0.1, 0.15) is 18.2 Å². The van der Waals surface area contributed by atoms with E-state index in [4.69, 9.17) is 16.3 Å². The Hall–Kier alpha value is -2.60. The highest BCUT2D eigenvalue weighted by molar-refractivity contribution is 6.39. The predicted octanol–water partition coefficient (Wildman–Crippen LogP) is 2.92. The number of rotatable bonds is 5. The van der Waals surface area contributed by atoms with Crippen LogP contribution in [0.5, 0.6) is 5.75 Å².